The molecule has 0 saturated heterocycles. The van der Waals surface area contributed by atoms with E-state index in [9.17, 15) is 4.79 Å². The van der Waals surface area contributed by atoms with Crippen LogP contribution in [0.4, 0.5) is 0 Å². The molecule has 2 aromatic rings. The van der Waals surface area contributed by atoms with Crippen molar-refractivity contribution < 1.29 is 9.53 Å². The van der Waals surface area contributed by atoms with E-state index in [2.05, 4.69) is 51.1 Å². The molecule has 0 radical (unpaired) electrons. The first-order valence-corrected chi connectivity index (χ1v) is 8.00. The van der Waals surface area contributed by atoms with Crippen molar-refractivity contribution in [1.29, 1.82) is 0 Å². The first-order chi connectivity index (χ1) is 11.0. The third-order valence-electron chi connectivity index (χ3n) is 5.81. The molecule has 116 valence electrons. The molecule has 2 heteroatoms. The number of benzene rings is 2. The average molecular weight is 304 g/mol. The fourth-order valence-corrected chi connectivity index (χ4v) is 4.50. The number of ketones is 1. The molecule has 2 aromatic carbocycles. The lowest BCUT2D eigenvalue weighted by Crippen LogP contribution is -2.36. The van der Waals surface area contributed by atoms with Crippen molar-refractivity contribution in [2.75, 3.05) is 7.11 Å². The second-order valence-electron chi connectivity index (χ2n) is 6.76. The summed E-state index contributed by atoms with van der Waals surface area (Å²) in [5.74, 6) is 0.846. The van der Waals surface area contributed by atoms with Crippen molar-refractivity contribution >= 4 is 11.4 Å². The van der Waals surface area contributed by atoms with Crippen molar-refractivity contribution in [3.63, 3.8) is 0 Å². The van der Waals surface area contributed by atoms with Gasteiger partial charge in [0.05, 0.1) is 13.0 Å². The van der Waals surface area contributed by atoms with Gasteiger partial charge >= 0.3 is 0 Å². The highest BCUT2D eigenvalue weighted by Gasteiger charge is 2.53. The number of hydrogen-bond acceptors (Lipinski definition) is 2. The summed E-state index contributed by atoms with van der Waals surface area (Å²) in [5, 5.41) is 0. The van der Waals surface area contributed by atoms with E-state index >= 15 is 0 Å². The smallest absolute Gasteiger partial charge is 0.171 e. The van der Waals surface area contributed by atoms with Gasteiger partial charge in [-0.05, 0) is 48.2 Å². The maximum Gasteiger partial charge on any atom is 0.171 e. The summed E-state index contributed by atoms with van der Waals surface area (Å²) in [6, 6.07) is 14.4. The van der Waals surface area contributed by atoms with Crippen LogP contribution >= 0.6 is 0 Å². The molecule has 2 atom stereocenters. The first-order valence-electron chi connectivity index (χ1n) is 8.00. The molecule has 0 heterocycles. The number of carbonyl (C=O) groups excluding carboxylic acids is 1. The van der Waals surface area contributed by atoms with E-state index < -0.39 is 0 Å². The Kier molecular flexibility index (Phi) is 2.84. The maximum atomic E-state index is 13.2. The standard InChI is InChI=1S/C21H20O2/c1-12-13(2)19-20(22)16-11-14(23-4)9-10-18(16)21(19,3)17-8-6-5-7-15(12)17/h5-11,19H,1-4H3/t19-,21+/m0/s1. The van der Waals surface area contributed by atoms with Gasteiger partial charge in [-0.25, -0.2) is 0 Å². The zero-order valence-corrected chi connectivity index (χ0v) is 13.9. The number of carbonyl (C=O) groups is 1. The lowest BCUT2D eigenvalue weighted by molar-refractivity contribution is 0.0929. The summed E-state index contributed by atoms with van der Waals surface area (Å²) in [7, 11) is 1.64. The van der Waals surface area contributed by atoms with Gasteiger partial charge in [-0.3, -0.25) is 4.79 Å². The van der Waals surface area contributed by atoms with E-state index in [-0.39, 0.29) is 17.1 Å². The molecule has 0 amide bonds. The van der Waals surface area contributed by atoms with Gasteiger partial charge < -0.3 is 4.74 Å². The molecule has 4 rings (SSSR count). The Morgan fingerprint density at radius 3 is 2.43 bits per heavy atom. The molecular weight excluding hydrogens is 284 g/mol. The van der Waals surface area contributed by atoms with E-state index in [4.69, 9.17) is 4.74 Å². The normalized spacial score (nSPS) is 25.0. The van der Waals surface area contributed by atoms with Crippen LogP contribution in [0.25, 0.3) is 5.57 Å². The molecule has 0 N–H and O–H groups in total. The van der Waals surface area contributed by atoms with Crippen LogP contribution in [0, 0.1) is 5.92 Å². The van der Waals surface area contributed by atoms with Gasteiger partial charge in [0.25, 0.3) is 0 Å². The quantitative estimate of drug-likeness (QED) is 0.768. The SMILES string of the molecule is COc1ccc2c(c1)C(=O)[C@@H]1C(C)=C(C)c3ccccc3[C@]21C. The van der Waals surface area contributed by atoms with Crippen LogP contribution < -0.4 is 4.74 Å². The minimum absolute atomic E-state index is 0.112. The highest BCUT2D eigenvalue weighted by Crippen LogP contribution is 2.56. The van der Waals surface area contributed by atoms with Crippen molar-refractivity contribution in [3.8, 4) is 5.75 Å². The fraction of sp³-hybridized carbons (Fsp3) is 0.286. The summed E-state index contributed by atoms with van der Waals surface area (Å²) in [6.07, 6.45) is 0. The molecule has 23 heavy (non-hydrogen) atoms. The van der Waals surface area contributed by atoms with Gasteiger partial charge in [0.1, 0.15) is 5.75 Å². The summed E-state index contributed by atoms with van der Waals surface area (Å²) in [4.78, 5) is 13.2. The fourth-order valence-electron chi connectivity index (χ4n) is 4.50. The van der Waals surface area contributed by atoms with Crippen molar-refractivity contribution in [1.82, 2.24) is 0 Å². The van der Waals surface area contributed by atoms with E-state index in [0.29, 0.717) is 0 Å². The summed E-state index contributed by atoms with van der Waals surface area (Å²) in [5.41, 5.74) is 6.57. The minimum atomic E-state index is -0.293. The van der Waals surface area contributed by atoms with Crippen molar-refractivity contribution in [3.05, 3.63) is 70.3 Å². The van der Waals surface area contributed by atoms with Crippen LogP contribution in [0.1, 0.15) is 47.8 Å². The van der Waals surface area contributed by atoms with Gasteiger partial charge in [0.15, 0.2) is 5.78 Å². The number of methoxy groups -OCH3 is 1. The number of ether oxygens (including phenoxy) is 1. The van der Waals surface area contributed by atoms with Crippen LogP contribution in [0.15, 0.2) is 48.0 Å². The van der Waals surface area contributed by atoms with Gasteiger partial charge in [-0.15, -0.1) is 0 Å². The van der Waals surface area contributed by atoms with Crippen LogP contribution in [-0.4, -0.2) is 12.9 Å². The summed E-state index contributed by atoms with van der Waals surface area (Å²) in [6.45, 7) is 6.45. The zero-order chi connectivity index (χ0) is 16.4. The van der Waals surface area contributed by atoms with E-state index in [1.54, 1.807) is 7.11 Å². The highest BCUT2D eigenvalue weighted by atomic mass is 16.5. The van der Waals surface area contributed by atoms with Gasteiger partial charge in [-0.1, -0.05) is 42.8 Å². The number of hydrogen-bond donors (Lipinski definition) is 0. The molecule has 0 unspecified atom stereocenters. The highest BCUT2D eigenvalue weighted by molar-refractivity contribution is 6.08. The maximum absolute atomic E-state index is 13.2. The van der Waals surface area contributed by atoms with E-state index in [1.807, 2.05) is 12.1 Å². The van der Waals surface area contributed by atoms with Gasteiger partial charge in [0, 0.05) is 11.0 Å². The minimum Gasteiger partial charge on any atom is -0.497 e. The average Bonchev–Trinajstić information content (AvgIpc) is 2.81. The molecule has 0 spiro atoms. The topological polar surface area (TPSA) is 26.3 Å². The summed E-state index contributed by atoms with van der Waals surface area (Å²) < 4.78 is 5.33. The van der Waals surface area contributed by atoms with Crippen LogP contribution in [0.2, 0.25) is 0 Å². The molecule has 0 saturated carbocycles. The third kappa shape index (κ3) is 1.61. The Morgan fingerprint density at radius 2 is 1.70 bits per heavy atom. The van der Waals surface area contributed by atoms with Crippen LogP contribution in [-0.2, 0) is 5.41 Å². The van der Waals surface area contributed by atoms with Gasteiger partial charge in [-0.2, -0.15) is 0 Å². The van der Waals surface area contributed by atoms with Gasteiger partial charge in [0.2, 0.25) is 0 Å². The Hall–Kier alpha value is -2.35. The lowest BCUT2D eigenvalue weighted by atomic mass is 9.62. The molecular formula is C21H20O2. The Labute approximate surface area is 136 Å². The monoisotopic (exact) mass is 304 g/mol. The van der Waals surface area contributed by atoms with Crippen molar-refractivity contribution in [2.24, 2.45) is 5.92 Å². The largest absolute Gasteiger partial charge is 0.497 e. The number of allylic oxidation sites excluding steroid dienone is 2. The summed E-state index contributed by atoms with van der Waals surface area (Å²) >= 11 is 0. The second kappa shape index (κ2) is 4.58. The van der Waals surface area contributed by atoms with Crippen LogP contribution in [0.3, 0.4) is 0 Å². The Balaban J connectivity index is 2.08. The molecule has 0 fully saturated rings. The second-order valence-corrected chi connectivity index (χ2v) is 6.76. The number of fused-ring (bicyclic) bond motifs is 5. The van der Waals surface area contributed by atoms with E-state index in [0.717, 1.165) is 16.9 Å². The predicted molar refractivity (Wildman–Crippen MR) is 92.0 cm³/mol. The lowest BCUT2D eigenvalue weighted by Gasteiger charge is -2.39. The Bertz CT molecular complexity index is 875. The zero-order valence-electron chi connectivity index (χ0n) is 13.9. The molecule has 2 nitrogen and oxygen atoms in total. The van der Waals surface area contributed by atoms with Crippen LogP contribution in [0.5, 0.6) is 5.75 Å². The molecule has 0 bridgehead atoms. The molecule has 0 aromatic heterocycles. The molecule has 0 aliphatic heterocycles. The molecule has 2 aliphatic rings. The van der Waals surface area contributed by atoms with E-state index in [1.165, 1.54) is 22.3 Å². The first kappa shape index (κ1) is 14.3. The van der Waals surface area contributed by atoms with Crippen molar-refractivity contribution in [2.45, 2.75) is 26.2 Å². The number of Topliss-reactive ketones (excluding diaryl/α,β-unsaturated/α-hetero) is 1. The predicted octanol–water partition coefficient (Wildman–Crippen LogP) is 4.62. The Morgan fingerprint density at radius 1 is 1.00 bits per heavy atom. The number of rotatable bonds is 1. The third-order valence-corrected chi connectivity index (χ3v) is 5.81. The molecule has 2 aliphatic carbocycles.